The number of phenols is 2. The molecule has 0 aromatic heterocycles. The smallest absolute Gasteiger partial charge is 0.310 e. The van der Waals surface area contributed by atoms with Gasteiger partial charge in [0.05, 0.1) is 11.1 Å². The van der Waals surface area contributed by atoms with E-state index in [0.717, 1.165) is 6.21 Å². The number of hydrazone groups is 1. The van der Waals surface area contributed by atoms with E-state index >= 15 is 0 Å². The van der Waals surface area contributed by atoms with Crippen molar-refractivity contribution >= 4 is 17.8 Å². The van der Waals surface area contributed by atoms with Crippen molar-refractivity contribution in [3.8, 4) is 17.2 Å². The maximum Gasteiger partial charge on any atom is 0.310 e. The van der Waals surface area contributed by atoms with Gasteiger partial charge in [-0.3, -0.25) is 14.9 Å². The summed E-state index contributed by atoms with van der Waals surface area (Å²) >= 11 is 0. The van der Waals surface area contributed by atoms with Gasteiger partial charge in [-0.25, -0.2) is 5.43 Å². The van der Waals surface area contributed by atoms with Gasteiger partial charge in [0.15, 0.2) is 23.9 Å². The Morgan fingerprint density at radius 3 is 2.75 bits per heavy atom. The molecule has 0 saturated heterocycles. The Bertz CT molecular complexity index is 791. The van der Waals surface area contributed by atoms with E-state index in [-0.39, 0.29) is 28.5 Å². The van der Waals surface area contributed by atoms with E-state index in [9.17, 15) is 25.1 Å². The number of nitrogens with one attached hydrogen (secondary N) is 1. The van der Waals surface area contributed by atoms with Gasteiger partial charge in [-0.05, 0) is 18.2 Å². The molecule has 2 aromatic carbocycles. The van der Waals surface area contributed by atoms with Crippen LogP contribution in [0.25, 0.3) is 0 Å². The van der Waals surface area contributed by atoms with Gasteiger partial charge in [0.25, 0.3) is 5.91 Å². The fourth-order valence-electron chi connectivity index (χ4n) is 1.73. The van der Waals surface area contributed by atoms with Gasteiger partial charge >= 0.3 is 5.69 Å². The normalized spacial score (nSPS) is 10.5. The number of phenolic OH excluding ortho intramolecular Hbond substituents is 2. The highest BCUT2D eigenvalue weighted by Crippen LogP contribution is 2.27. The monoisotopic (exact) mass is 331 g/mol. The van der Waals surface area contributed by atoms with Gasteiger partial charge in [-0.2, -0.15) is 5.10 Å². The topological polar surface area (TPSA) is 134 Å². The molecule has 0 bridgehead atoms. The van der Waals surface area contributed by atoms with Crippen molar-refractivity contribution in [1.29, 1.82) is 0 Å². The van der Waals surface area contributed by atoms with Crippen molar-refractivity contribution in [3.05, 3.63) is 58.1 Å². The first-order valence-corrected chi connectivity index (χ1v) is 6.68. The van der Waals surface area contributed by atoms with Crippen LogP contribution in [-0.2, 0) is 4.79 Å². The van der Waals surface area contributed by atoms with E-state index in [0.29, 0.717) is 0 Å². The number of hydrogen-bond acceptors (Lipinski definition) is 7. The quantitative estimate of drug-likeness (QED) is 0.318. The summed E-state index contributed by atoms with van der Waals surface area (Å²) in [4.78, 5) is 21.8. The van der Waals surface area contributed by atoms with E-state index in [1.165, 1.54) is 36.4 Å². The zero-order chi connectivity index (χ0) is 17.5. The van der Waals surface area contributed by atoms with Gasteiger partial charge in [0.2, 0.25) is 0 Å². The van der Waals surface area contributed by atoms with Gasteiger partial charge in [-0.15, -0.1) is 0 Å². The Labute approximate surface area is 136 Å². The summed E-state index contributed by atoms with van der Waals surface area (Å²) in [6.45, 7) is -0.478. The molecule has 124 valence electrons. The minimum Gasteiger partial charge on any atom is -0.504 e. The first-order valence-electron chi connectivity index (χ1n) is 6.68. The SMILES string of the molecule is O=C(COc1ccccc1[N+](=O)[O-])N/N=C/c1cccc(O)c1O. The van der Waals surface area contributed by atoms with Crippen LogP contribution in [0.5, 0.6) is 17.2 Å². The summed E-state index contributed by atoms with van der Waals surface area (Å²) in [6, 6.07) is 9.94. The highest BCUT2D eigenvalue weighted by atomic mass is 16.6. The lowest BCUT2D eigenvalue weighted by Gasteiger charge is -2.05. The number of hydrogen-bond donors (Lipinski definition) is 3. The number of amides is 1. The molecule has 0 aliphatic carbocycles. The second kappa shape index (κ2) is 7.58. The minimum atomic E-state index is -0.649. The number of nitro benzene ring substituents is 1. The third-order valence-electron chi connectivity index (χ3n) is 2.86. The summed E-state index contributed by atoms with van der Waals surface area (Å²) in [5, 5.41) is 33.3. The molecular weight excluding hydrogens is 318 g/mol. The van der Waals surface area contributed by atoms with Crippen LogP contribution in [0.1, 0.15) is 5.56 Å². The Kier molecular flexibility index (Phi) is 5.29. The zero-order valence-electron chi connectivity index (χ0n) is 12.2. The predicted molar refractivity (Wildman–Crippen MR) is 84.1 cm³/mol. The third kappa shape index (κ3) is 4.19. The molecule has 0 spiro atoms. The molecule has 9 nitrogen and oxygen atoms in total. The fraction of sp³-hybridized carbons (Fsp3) is 0.0667. The van der Waals surface area contributed by atoms with Crippen molar-refractivity contribution in [1.82, 2.24) is 5.43 Å². The van der Waals surface area contributed by atoms with Gasteiger partial charge in [0.1, 0.15) is 0 Å². The molecule has 9 heteroatoms. The van der Waals surface area contributed by atoms with Crippen LogP contribution in [0.4, 0.5) is 5.69 Å². The molecule has 0 aliphatic rings. The second-order valence-corrected chi connectivity index (χ2v) is 4.52. The van der Waals surface area contributed by atoms with Gasteiger partial charge in [-0.1, -0.05) is 18.2 Å². The van der Waals surface area contributed by atoms with Crippen LogP contribution in [0.2, 0.25) is 0 Å². The van der Waals surface area contributed by atoms with Crippen molar-refractivity contribution in [3.63, 3.8) is 0 Å². The number of nitrogens with zero attached hydrogens (tertiary/aromatic N) is 2. The largest absolute Gasteiger partial charge is 0.504 e. The maximum atomic E-state index is 11.6. The van der Waals surface area contributed by atoms with Crippen LogP contribution in [-0.4, -0.2) is 33.9 Å². The molecule has 0 atom stereocenters. The Morgan fingerprint density at radius 1 is 1.25 bits per heavy atom. The molecule has 0 unspecified atom stereocenters. The number of nitro groups is 1. The van der Waals surface area contributed by atoms with Crippen LogP contribution in [0.3, 0.4) is 0 Å². The Hall–Kier alpha value is -3.62. The molecule has 0 heterocycles. The Morgan fingerprint density at radius 2 is 2.00 bits per heavy atom. The molecule has 24 heavy (non-hydrogen) atoms. The second-order valence-electron chi connectivity index (χ2n) is 4.52. The number of benzene rings is 2. The van der Waals surface area contributed by atoms with E-state index in [2.05, 4.69) is 10.5 Å². The summed E-state index contributed by atoms with van der Waals surface area (Å²) in [7, 11) is 0. The number of rotatable bonds is 6. The predicted octanol–water partition coefficient (Wildman–Crippen LogP) is 1.54. The lowest BCUT2D eigenvalue weighted by atomic mass is 10.2. The lowest BCUT2D eigenvalue weighted by Crippen LogP contribution is -2.24. The van der Waals surface area contributed by atoms with E-state index in [4.69, 9.17) is 4.74 Å². The molecule has 2 aromatic rings. The van der Waals surface area contributed by atoms with Crippen molar-refractivity contribution in [2.75, 3.05) is 6.61 Å². The highest BCUT2D eigenvalue weighted by Gasteiger charge is 2.14. The van der Waals surface area contributed by atoms with E-state index < -0.39 is 17.4 Å². The van der Waals surface area contributed by atoms with E-state index in [1.54, 1.807) is 6.07 Å². The summed E-state index contributed by atoms with van der Waals surface area (Å²) in [5.41, 5.74) is 2.09. The number of para-hydroxylation sites is 3. The van der Waals surface area contributed by atoms with Gasteiger partial charge in [0, 0.05) is 11.6 Å². The fourth-order valence-corrected chi connectivity index (χ4v) is 1.73. The summed E-state index contributed by atoms with van der Waals surface area (Å²) in [5.74, 6) is -1.37. The molecule has 0 aliphatic heterocycles. The lowest BCUT2D eigenvalue weighted by molar-refractivity contribution is -0.385. The highest BCUT2D eigenvalue weighted by molar-refractivity contribution is 5.86. The van der Waals surface area contributed by atoms with E-state index in [1.807, 2.05) is 0 Å². The number of aromatic hydroxyl groups is 2. The summed E-state index contributed by atoms with van der Waals surface area (Å²) < 4.78 is 5.09. The average Bonchev–Trinajstić information content (AvgIpc) is 2.57. The standard InChI is InChI=1S/C15H13N3O6/c19-12-6-3-4-10(15(12)21)8-16-17-14(20)9-24-13-7-2-1-5-11(13)18(22)23/h1-8,19,21H,9H2,(H,17,20)/b16-8+. The first-order chi connectivity index (χ1) is 11.5. The number of ether oxygens (including phenoxy) is 1. The zero-order valence-corrected chi connectivity index (χ0v) is 12.2. The number of carbonyl (C=O) groups excluding carboxylic acids is 1. The van der Waals surface area contributed by atoms with Gasteiger partial charge < -0.3 is 14.9 Å². The van der Waals surface area contributed by atoms with Crippen molar-refractivity contribution in [2.24, 2.45) is 5.10 Å². The number of carbonyl (C=O) groups is 1. The average molecular weight is 331 g/mol. The van der Waals surface area contributed by atoms with Crippen molar-refractivity contribution < 1.29 is 24.7 Å². The van der Waals surface area contributed by atoms with Crippen LogP contribution < -0.4 is 10.2 Å². The third-order valence-corrected chi connectivity index (χ3v) is 2.86. The van der Waals surface area contributed by atoms with Crippen molar-refractivity contribution in [2.45, 2.75) is 0 Å². The molecular formula is C15H13N3O6. The Balaban J connectivity index is 1.91. The molecule has 2 rings (SSSR count). The van der Waals surface area contributed by atoms with Crippen LogP contribution >= 0.6 is 0 Å². The molecule has 0 fully saturated rings. The summed E-state index contributed by atoms with van der Waals surface area (Å²) in [6.07, 6.45) is 1.14. The minimum absolute atomic E-state index is 0.0349. The molecule has 3 N–H and O–H groups in total. The molecule has 1 amide bonds. The first kappa shape index (κ1) is 16.7. The molecule has 0 saturated carbocycles. The van der Waals surface area contributed by atoms with Crippen LogP contribution in [0.15, 0.2) is 47.6 Å². The van der Waals surface area contributed by atoms with Crippen LogP contribution in [0, 0.1) is 10.1 Å². The maximum absolute atomic E-state index is 11.6. The molecule has 0 radical (unpaired) electrons.